The lowest BCUT2D eigenvalue weighted by Gasteiger charge is -2.39. The number of hydrogen-bond acceptors (Lipinski definition) is 5. The molecule has 0 radical (unpaired) electrons. The van der Waals surface area contributed by atoms with Gasteiger partial charge in [0.05, 0.1) is 30.2 Å². The Morgan fingerprint density at radius 1 is 1.00 bits per heavy atom. The fourth-order valence-corrected chi connectivity index (χ4v) is 6.00. The van der Waals surface area contributed by atoms with Crippen LogP contribution in [0.5, 0.6) is 0 Å². The van der Waals surface area contributed by atoms with Gasteiger partial charge in [-0.3, -0.25) is 19.4 Å². The molecule has 234 valence electrons. The van der Waals surface area contributed by atoms with Gasteiger partial charge in [-0.05, 0) is 55.0 Å². The van der Waals surface area contributed by atoms with Crippen molar-refractivity contribution in [2.45, 2.75) is 31.6 Å². The molecule has 2 aliphatic rings. The van der Waals surface area contributed by atoms with Crippen LogP contribution in [0.15, 0.2) is 78.9 Å². The molecule has 8 nitrogen and oxygen atoms in total. The summed E-state index contributed by atoms with van der Waals surface area (Å²) in [5, 5.41) is 7.77. The minimum atomic E-state index is -4.65. The van der Waals surface area contributed by atoms with Crippen molar-refractivity contribution in [2.24, 2.45) is 0 Å². The number of ether oxygens (including phenoxy) is 1. The molecule has 0 spiro atoms. The number of carbonyl (C=O) groups is 2. The van der Waals surface area contributed by atoms with E-state index < -0.39 is 41.3 Å². The lowest BCUT2D eigenvalue weighted by Crippen LogP contribution is -2.55. The van der Waals surface area contributed by atoms with Gasteiger partial charge in [-0.25, -0.2) is 9.07 Å². The summed E-state index contributed by atoms with van der Waals surface area (Å²) in [6.45, 7) is 4.89. The highest BCUT2D eigenvalue weighted by molar-refractivity contribution is 6.05. The van der Waals surface area contributed by atoms with Gasteiger partial charge < -0.3 is 10.1 Å². The number of carbonyl (C=O) groups excluding carboxylic acids is 2. The Morgan fingerprint density at radius 2 is 1.71 bits per heavy atom. The number of para-hydroxylation sites is 1. The number of fused-ring (bicyclic) bond motifs is 1. The maximum absolute atomic E-state index is 14.3. The van der Waals surface area contributed by atoms with Crippen molar-refractivity contribution in [1.82, 2.24) is 20.0 Å². The molecule has 4 aromatic rings. The van der Waals surface area contributed by atoms with Crippen molar-refractivity contribution in [1.29, 1.82) is 0 Å². The quantitative estimate of drug-likeness (QED) is 0.289. The number of alkyl halides is 3. The number of aromatic nitrogens is 2. The monoisotopic (exact) mass is 621 g/mol. The first-order valence-electron chi connectivity index (χ1n) is 14.7. The molecule has 0 saturated carbocycles. The van der Waals surface area contributed by atoms with Crippen LogP contribution >= 0.6 is 0 Å². The molecule has 2 unspecified atom stereocenters. The van der Waals surface area contributed by atoms with Crippen molar-refractivity contribution in [3.05, 3.63) is 113 Å². The summed E-state index contributed by atoms with van der Waals surface area (Å²) in [5.74, 6) is -2.07. The topological polar surface area (TPSA) is 79.7 Å². The number of nitrogens with zero attached hydrogens (tertiary/aromatic N) is 4. The van der Waals surface area contributed by atoms with Gasteiger partial charge in [0.1, 0.15) is 17.7 Å². The van der Waals surface area contributed by atoms with E-state index >= 15 is 0 Å². The van der Waals surface area contributed by atoms with E-state index in [1.54, 1.807) is 23.7 Å². The molecule has 1 aromatic heterocycles. The minimum absolute atomic E-state index is 0.230. The summed E-state index contributed by atoms with van der Waals surface area (Å²) in [6.07, 6.45) is -4.65. The molecule has 12 heteroatoms. The maximum atomic E-state index is 14.3. The predicted octanol–water partition coefficient (Wildman–Crippen LogP) is 5.16. The number of halogens is 4. The van der Waals surface area contributed by atoms with E-state index in [4.69, 9.17) is 9.84 Å². The normalized spacial score (nSPS) is 19.0. The first-order chi connectivity index (χ1) is 21.7. The second-order valence-corrected chi connectivity index (χ2v) is 11.0. The zero-order valence-electron chi connectivity index (χ0n) is 24.4. The molecule has 1 N–H and O–H groups in total. The molecule has 6 rings (SSSR count). The van der Waals surface area contributed by atoms with E-state index in [1.807, 2.05) is 30.3 Å². The summed E-state index contributed by atoms with van der Waals surface area (Å²) in [7, 11) is 0. The van der Waals surface area contributed by atoms with Crippen LogP contribution in [0.2, 0.25) is 0 Å². The summed E-state index contributed by atoms with van der Waals surface area (Å²) in [4.78, 5) is 31.6. The van der Waals surface area contributed by atoms with Crippen molar-refractivity contribution >= 4 is 17.6 Å². The van der Waals surface area contributed by atoms with Crippen molar-refractivity contribution in [3.63, 3.8) is 0 Å². The molecule has 1 saturated heterocycles. The van der Waals surface area contributed by atoms with Crippen molar-refractivity contribution < 1.29 is 31.9 Å². The standard InChI is InChI=1S/C33H31F4N5O3/c1-2-41-31-28(26(20-40-15-17-45-18-16-40)39-42(31)25-9-4-3-5-10-25)27(21-11-13-24(34)14-12-21)29(32(41)44)38-30(43)22-7-6-8-23(19-22)33(35,36)37/h3-14,19,27,29H,2,15-18,20H2,1H3,(H,38,43). The summed E-state index contributed by atoms with van der Waals surface area (Å²) < 4.78 is 61.8. The summed E-state index contributed by atoms with van der Waals surface area (Å²) in [5.41, 5.74) is 1.39. The van der Waals surface area contributed by atoms with Crippen molar-refractivity contribution in [2.75, 3.05) is 37.7 Å². The highest BCUT2D eigenvalue weighted by Gasteiger charge is 2.46. The Balaban J connectivity index is 1.52. The van der Waals surface area contributed by atoms with Crippen LogP contribution in [-0.4, -0.2) is 65.4 Å². The SMILES string of the molecule is CCN1C(=O)C(NC(=O)c2cccc(C(F)(F)F)c2)C(c2ccc(F)cc2)c2c(CN3CCOCC3)nn(-c3ccccc3)c21. The molecular formula is C33H31F4N5O3. The van der Waals surface area contributed by atoms with Gasteiger partial charge in [-0.1, -0.05) is 36.4 Å². The smallest absolute Gasteiger partial charge is 0.379 e. The van der Waals surface area contributed by atoms with Gasteiger partial charge >= 0.3 is 6.18 Å². The first kappa shape index (κ1) is 30.5. The van der Waals surface area contributed by atoms with E-state index in [1.165, 1.54) is 23.1 Å². The number of amides is 2. The number of likely N-dealkylation sites (N-methyl/N-ethyl adjacent to an activating group) is 1. The predicted molar refractivity (Wildman–Crippen MR) is 159 cm³/mol. The first-order valence-corrected chi connectivity index (χ1v) is 14.7. The van der Waals surface area contributed by atoms with E-state index in [-0.39, 0.29) is 12.1 Å². The highest BCUT2D eigenvalue weighted by Crippen LogP contribution is 2.44. The van der Waals surface area contributed by atoms with Crippen LogP contribution < -0.4 is 10.2 Å². The fraction of sp³-hybridized carbons (Fsp3) is 0.303. The van der Waals surface area contributed by atoms with Gasteiger partial charge in [0, 0.05) is 43.2 Å². The lowest BCUT2D eigenvalue weighted by atomic mass is 9.80. The number of rotatable bonds is 7. The Labute approximate surface area is 257 Å². The largest absolute Gasteiger partial charge is 0.416 e. The molecule has 2 atom stereocenters. The van der Waals surface area contributed by atoms with Gasteiger partial charge in [0.15, 0.2) is 0 Å². The minimum Gasteiger partial charge on any atom is -0.379 e. The Kier molecular flexibility index (Phi) is 8.43. The number of morpholine rings is 1. The van der Waals surface area contributed by atoms with E-state index in [9.17, 15) is 27.2 Å². The van der Waals surface area contributed by atoms with Crippen LogP contribution in [0.4, 0.5) is 23.4 Å². The number of anilines is 1. The molecule has 2 aliphatic heterocycles. The number of hydrogen-bond donors (Lipinski definition) is 1. The molecular weight excluding hydrogens is 590 g/mol. The molecule has 0 aliphatic carbocycles. The van der Waals surface area contributed by atoms with Gasteiger partial charge in [-0.15, -0.1) is 0 Å². The maximum Gasteiger partial charge on any atom is 0.416 e. The van der Waals surface area contributed by atoms with Crippen LogP contribution in [0.1, 0.15) is 45.6 Å². The van der Waals surface area contributed by atoms with E-state index in [0.29, 0.717) is 55.5 Å². The number of nitrogens with one attached hydrogen (secondary N) is 1. The summed E-state index contributed by atoms with van der Waals surface area (Å²) in [6, 6.07) is 17.9. The van der Waals surface area contributed by atoms with Crippen LogP contribution in [0, 0.1) is 5.82 Å². The third-order valence-electron chi connectivity index (χ3n) is 8.17. The highest BCUT2D eigenvalue weighted by atomic mass is 19.4. The van der Waals surface area contributed by atoms with Gasteiger partial charge in [0.25, 0.3) is 11.8 Å². The Morgan fingerprint density at radius 3 is 2.38 bits per heavy atom. The second kappa shape index (κ2) is 12.4. The Bertz CT molecular complexity index is 1680. The molecule has 45 heavy (non-hydrogen) atoms. The Hall–Kier alpha value is -4.55. The van der Waals surface area contributed by atoms with Crippen LogP contribution in [0.25, 0.3) is 5.69 Å². The zero-order chi connectivity index (χ0) is 31.7. The summed E-state index contributed by atoms with van der Waals surface area (Å²) >= 11 is 0. The third-order valence-corrected chi connectivity index (χ3v) is 8.17. The lowest BCUT2D eigenvalue weighted by molar-refractivity contribution is -0.137. The molecule has 1 fully saturated rings. The molecule has 3 heterocycles. The van der Waals surface area contributed by atoms with Crippen molar-refractivity contribution in [3.8, 4) is 5.69 Å². The molecule has 3 aromatic carbocycles. The second-order valence-electron chi connectivity index (χ2n) is 11.0. The van der Waals surface area contributed by atoms with E-state index in [2.05, 4.69) is 10.2 Å². The molecule has 0 bridgehead atoms. The number of benzene rings is 3. The van der Waals surface area contributed by atoms with Crippen LogP contribution in [-0.2, 0) is 22.3 Å². The zero-order valence-corrected chi connectivity index (χ0v) is 24.4. The molecule has 2 amide bonds. The van der Waals surface area contributed by atoms with Gasteiger partial charge in [0.2, 0.25) is 0 Å². The van der Waals surface area contributed by atoms with Gasteiger partial charge in [-0.2, -0.15) is 18.3 Å². The van der Waals surface area contributed by atoms with Crippen LogP contribution in [0.3, 0.4) is 0 Å². The average molecular weight is 622 g/mol. The van der Waals surface area contributed by atoms with E-state index in [0.717, 1.165) is 23.9 Å². The fourth-order valence-electron chi connectivity index (χ4n) is 6.00. The average Bonchev–Trinajstić information content (AvgIpc) is 3.40. The third kappa shape index (κ3) is 6.07.